The highest BCUT2D eigenvalue weighted by Crippen LogP contribution is 2.32. The summed E-state index contributed by atoms with van der Waals surface area (Å²) in [5.41, 5.74) is 4.06. The highest BCUT2D eigenvalue weighted by Gasteiger charge is 2.27. The minimum absolute atomic E-state index is 0.00129. The van der Waals surface area contributed by atoms with Crippen LogP contribution in [-0.4, -0.2) is 75.4 Å². The number of hydrogen-bond acceptors (Lipinski definition) is 7. The third kappa shape index (κ3) is 5.56. The van der Waals surface area contributed by atoms with Crippen LogP contribution in [0.2, 0.25) is 0 Å². The van der Waals surface area contributed by atoms with Crippen molar-refractivity contribution in [1.29, 1.82) is 0 Å². The molecule has 4 heterocycles. The quantitative estimate of drug-likeness (QED) is 0.283. The van der Waals surface area contributed by atoms with Crippen LogP contribution in [0.5, 0.6) is 5.75 Å². The predicted molar refractivity (Wildman–Crippen MR) is 165 cm³/mol. The summed E-state index contributed by atoms with van der Waals surface area (Å²) in [6.45, 7) is 9.88. The van der Waals surface area contributed by atoms with Gasteiger partial charge in [0.05, 0.1) is 11.9 Å². The minimum Gasteiger partial charge on any atom is -0.478 e. The maximum absolute atomic E-state index is 15.0. The maximum atomic E-state index is 15.0. The van der Waals surface area contributed by atoms with E-state index in [-0.39, 0.29) is 23.8 Å². The number of nitrogens with one attached hydrogen (secondary N) is 2. The largest absolute Gasteiger partial charge is 0.478 e. The van der Waals surface area contributed by atoms with Crippen molar-refractivity contribution in [2.75, 3.05) is 44.6 Å². The molecule has 0 saturated carbocycles. The molecule has 6 rings (SSSR count). The number of halogens is 2. The van der Waals surface area contributed by atoms with E-state index < -0.39 is 11.6 Å². The molecule has 1 unspecified atom stereocenters. The van der Waals surface area contributed by atoms with Gasteiger partial charge in [-0.25, -0.2) is 14.4 Å². The SMILES string of the molecule is C#CCOc1ccc(-c2cnc3c(Nc4ccc(C(=O)N5CCN(C(=C)C6CCCN6)CC5)c(C)c4)nccn23)c(F)c1F. The number of terminal acetylenes is 1. The van der Waals surface area contributed by atoms with E-state index in [1.807, 2.05) is 30.0 Å². The first kappa shape index (κ1) is 29.1. The molecule has 2 aliphatic heterocycles. The molecule has 2 aromatic carbocycles. The van der Waals surface area contributed by atoms with Crippen molar-refractivity contribution in [3.8, 4) is 29.4 Å². The van der Waals surface area contributed by atoms with Gasteiger partial charge in [0.2, 0.25) is 5.82 Å². The molecular weight excluding hydrogens is 564 g/mol. The van der Waals surface area contributed by atoms with Gasteiger partial charge < -0.3 is 25.2 Å². The summed E-state index contributed by atoms with van der Waals surface area (Å²) in [5, 5.41) is 6.75. The molecule has 2 saturated heterocycles. The van der Waals surface area contributed by atoms with Crippen LogP contribution in [-0.2, 0) is 0 Å². The molecule has 11 heteroatoms. The molecule has 2 fully saturated rings. The minimum atomic E-state index is -1.13. The topological polar surface area (TPSA) is 87.0 Å². The van der Waals surface area contributed by atoms with Crippen LogP contribution < -0.4 is 15.4 Å². The molecule has 9 nitrogen and oxygen atoms in total. The number of carbonyl (C=O) groups excluding carboxylic acids is 1. The van der Waals surface area contributed by atoms with Crippen LogP contribution >= 0.6 is 0 Å². The predicted octanol–water partition coefficient (Wildman–Crippen LogP) is 4.76. The fourth-order valence-electron chi connectivity index (χ4n) is 5.84. The molecule has 2 aromatic heterocycles. The number of amides is 1. The lowest BCUT2D eigenvalue weighted by molar-refractivity contribution is 0.0663. The number of hydrogen-bond donors (Lipinski definition) is 2. The van der Waals surface area contributed by atoms with Gasteiger partial charge in [-0.05, 0) is 62.2 Å². The summed E-state index contributed by atoms with van der Waals surface area (Å²) in [6.07, 6.45) is 12.0. The van der Waals surface area contributed by atoms with E-state index in [9.17, 15) is 9.18 Å². The summed E-state index contributed by atoms with van der Waals surface area (Å²) < 4.78 is 36.4. The second kappa shape index (κ2) is 12.3. The standard InChI is InChI=1S/C33H33F2N7O2/c1-4-18-44-28-10-9-25(29(34)30(28)35)27-20-38-32-31(37-12-13-42(27)32)39-23-7-8-24(21(2)19-23)33(43)41-16-14-40(15-17-41)22(3)26-6-5-11-36-26/h1,7-10,12-13,19-20,26,36H,3,5-6,11,14-18H2,2H3,(H,37,39). The Morgan fingerprint density at radius 1 is 1.16 bits per heavy atom. The first-order valence-corrected chi connectivity index (χ1v) is 14.6. The molecule has 0 radical (unpaired) electrons. The average Bonchev–Trinajstić information content (AvgIpc) is 3.73. The normalized spacial score (nSPS) is 16.6. The number of benzene rings is 2. The molecule has 1 atom stereocenters. The summed E-state index contributed by atoms with van der Waals surface area (Å²) in [4.78, 5) is 26.4. The van der Waals surface area contributed by atoms with Crippen molar-refractivity contribution < 1.29 is 18.3 Å². The van der Waals surface area contributed by atoms with E-state index in [1.54, 1.807) is 16.8 Å². The van der Waals surface area contributed by atoms with E-state index in [0.29, 0.717) is 47.5 Å². The summed E-state index contributed by atoms with van der Waals surface area (Å²) in [5.74, 6) is 0.194. The van der Waals surface area contributed by atoms with Crippen LogP contribution in [0.15, 0.2) is 61.2 Å². The number of fused-ring (bicyclic) bond motifs is 1. The van der Waals surface area contributed by atoms with Crippen LogP contribution in [0.4, 0.5) is 20.3 Å². The van der Waals surface area contributed by atoms with Crippen molar-refractivity contribution in [1.82, 2.24) is 29.5 Å². The third-order valence-electron chi connectivity index (χ3n) is 8.22. The van der Waals surface area contributed by atoms with Crippen LogP contribution in [0.3, 0.4) is 0 Å². The van der Waals surface area contributed by atoms with Gasteiger partial charge in [0.1, 0.15) is 6.61 Å². The van der Waals surface area contributed by atoms with Gasteiger partial charge >= 0.3 is 0 Å². The van der Waals surface area contributed by atoms with Gasteiger partial charge in [0.15, 0.2) is 23.0 Å². The lowest BCUT2D eigenvalue weighted by Crippen LogP contribution is -2.50. The van der Waals surface area contributed by atoms with Crippen molar-refractivity contribution >= 4 is 23.1 Å². The van der Waals surface area contributed by atoms with Gasteiger partial charge in [0, 0.05) is 67.1 Å². The second-order valence-corrected chi connectivity index (χ2v) is 10.9. The zero-order valence-corrected chi connectivity index (χ0v) is 24.4. The van der Waals surface area contributed by atoms with Gasteiger partial charge in [-0.3, -0.25) is 9.20 Å². The molecule has 2 aliphatic rings. The lowest BCUT2D eigenvalue weighted by atomic mass is 10.1. The molecule has 2 N–H and O–H groups in total. The second-order valence-electron chi connectivity index (χ2n) is 10.9. The number of carbonyl (C=O) groups is 1. The van der Waals surface area contributed by atoms with Crippen LogP contribution in [0, 0.1) is 30.9 Å². The Labute approximate surface area is 254 Å². The molecule has 0 bridgehead atoms. The Hall–Kier alpha value is -4.95. The maximum Gasteiger partial charge on any atom is 0.254 e. The highest BCUT2D eigenvalue weighted by molar-refractivity contribution is 5.96. The third-order valence-corrected chi connectivity index (χ3v) is 8.22. The van der Waals surface area contributed by atoms with Crippen molar-refractivity contribution in [2.45, 2.75) is 25.8 Å². The Morgan fingerprint density at radius 3 is 2.68 bits per heavy atom. The molecule has 1 amide bonds. The van der Waals surface area contributed by atoms with E-state index >= 15 is 4.39 Å². The van der Waals surface area contributed by atoms with Crippen molar-refractivity contribution in [2.24, 2.45) is 0 Å². The zero-order valence-electron chi connectivity index (χ0n) is 24.4. The Bertz CT molecular complexity index is 1770. The number of aromatic nitrogens is 3. The molecule has 44 heavy (non-hydrogen) atoms. The monoisotopic (exact) mass is 597 g/mol. The summed E-state index contributed by atoms with van der Waals surface area (Å²) in [6, 6.07) is 8.61. The first-order valence-electron chi connectivity index (χ1n) is 14.6. The van der Waals surface area contributed by atoms with E-state index in [1.165, 1.54) is 24.8 Å². The Morgan fingerprint density at radius 2 is 1.95 bits per heavy atom. The smallest absolute Gasteiger partial charge is 0.254 e. The lowest BCUT2D eigenvalue weighted by Gasteiger charge is -2.38. The van der Waals surface area contributed by atoms with Crippen molar-refractivity contribution in [3.63, 3.8) is 0 Å². The number of rotatable bonds is 8. The Balaban J connectivity index is 1.16. The molecule has 4 aromatic rings. The van der Waals surface area contributed by atoms with E-state index in [4.69, 9.17) is 11.2 Å². The molecule has 226 valence electrons. The van der Waals surface area contributed by atoms with Gasteiger partial charge in [-0.2, -0.15) is 4.39 Å². The summed E-state index contributed by atoms with van der Waals surface area (Å²) in [7, 11) is 0. The number of nitrogens with zero attached hydrogens (tertiary/aromatic N) is 5. The van der Waals surface area contributed by atoms with Gasteiger partial charge in [-0.1, -0.05) is 12.5 Å². The number of anilines is 2. The van der Waals surface area contributed by atoms with Crippen molar-refractivity contribution in [3.05, 3.63) is 84.0 Å². The molecule has 0 aliphatic carbocycles. The molecular formula is C33H33F2N7O2. The van der Waals surface area contributed by atoms with E-state index in [0.717, 1.165) is 37.3 Å². The number of aryl methyl sites for hydroxylation is 1. The number of piperazine rings is 1. The van der Waals surface area contributed by atoms with E-state index in [2.05, 4.69) is 38.0 Å². The number of ether oxygens (including phenoxy) is 1. The Kier molecular flexibility index (Phi) is 8.17. The fraction of sp³-hybridized carbons (Fsp3) is 0.303. The van der Waals surface area contributed by atoms with Gasteiger partial charge in [0.25, 0.3) is 5.91 Å². The fourth-order valence-corrected chi connectivity index (χ4v) is 5.84. The highest BCUT2D eigenvalue weighted by atomic mass is 19.2. The zero-order chi connectivity index (χ0) is 30.8. The van der Waals surface area contributed by atoms with Gasteiger partial charge in [-0.15, -0.1) is 6.42 Å². The molecule has 0 spiro atoms. The average molecular weight is 598 g/mol. The summed E-state index contributed by atoms with van der Waals surface area (Å²) >= 11 is 0. The first-order chi connectivity index (χ1) is 21.4. The number of imidazole rings is 1. The van der Waals surface area contributed by atoms with Crippen LogP contribution in [0.25, 0.3) is 16.9 Å². The van der Waals surface area contributed by atoms with Crippen LogP contribution in [0.1, 0.15) is 28.8 Å².